The Bertz CT molecular complexity index is 1380. The summed E-state index contributed by atoms with van der Waals surface area (Å²) < 4.78 is 2.09. The average molecular weight is 442 g/mol. The summed E-state index contributed by atoms with van der Waals surface area (Å²) in [6.07, 6.45) is 6.50. The molecule has 7 nitrogen and oxygen atoms in total. The second-order valence-electron chi connectivity index (χ2n) is 8.74. The SMILES string of the molecule is Cc1ccccc1C(=O)NCc1ccc(-c2cn(C3CCCC3)c3c(=O)[nH]nc(N)c23)cc1. The van der Waals surface area contributed by atoms with Crippen LogP contribution in [0.2, 0.25) is 0 Å². The van der Waals surface area contributed by atoms with E-state index in [0.717, 1.165) is 35.1 Å². The van der Waals surface area contributed by atoms with Gasteiger partial charge in [-0.1, -0.05) is 55.3 Å². The largest absolute Gasteiger partial charge is 0.382 e. The number of benzene rings is 2. The molecule has 1 aliphatic rings. The van der Waals surface area contributed by atoms with E-state index in [0.29, 0.717) is 34.9 Å². The van der Waals surface area contributed by atoms with E-state index < -0.39 is 0 Å². The number of nitrogens with two attached hydrogens (primary N) is 1. The molecule has 2 heterocycles. The first kappa shape index (κ1) is 21.0. The minimum absolute atomic E-state index is 0.0881. The van der Waals surface area contributed by atoms with Crippen molar-refractivity contribution in [2.24, 2.45) is 0 Å². The molecule has 0 unspecified atom stereocenters. The van der Waals surface area contributed by atoms with Gasteiger partial charge < -0.3 is 15.6 Å². The lowest BCUT2D eigenvalue weighted by Gasteiger charge is -2.12. The van der Waals surface area contributed by atoms with E-state index in [1.165, 1.54) is 12.8 Å². The van der Waals surface area contributed by atoms with Crippen LogP contribution in [0.1, 0.15) is 53.2 Å². The summed E-state index contributed by atoms with van der Waals surface area (Å²) in [5.41, 5.74) is 11.1. The Balaban J connectivity index is 1.43. The van der Waals surface area contributed by atoms with Crippen molar-refractivity contribution in [3.05, 3.63) is 81.8 Å². The number of fused-ring (bicyclic) bond motifs is 1. The van der Waals surface area contributed by atoms with Crippen molar-refractivity contribution >= 4 is 22.6 Å². The zero-order chi connectivity index (χ0) is 22.9. The van der Waals surface area contributed by atoms with Gasteiger partial charge in [-0.3, -0.25) is 9.59 Å². The molecule has 4 N–H and O–H groups in total. The second kappa shape index (κ2) is 8.58. The molecule has 0 aliphatic heterocycles. The van der Waals surface area contributed by atoms with Crippen molar-refractivity contribution in [2.45, 2.75) is 45.2 Å². The number of aromatic nitrogens is 3. The van der Waals surface area contributed by atoms with Gasteiger partial charge in [-0.15, -0.1) is 0 Å². The number of aromatic amines is 1. The molecule has 2 aromatic carbocycles. The average Bonchev–Trinajstić information content (AvgIpc) is 3.49. The summed E-state index contributed by atoms with van der Waals surface area (Å²) in [4.78, 5) is 25.2. The fourth-order valence-corrected chi connectivity index (χ4v) is 4.83. The van der Waals surface area contributed by atoms with Gasteiger partial charge in [0.15, 0.2) is 5.82 Å². The maximum Gasteiger partial charge on any atom is 0.288 e. The summed E-state index contributed by atoms with van der Waals surface area (Å²) in [7, 11) is 0. The van der Waals surface area contributed by atoms with E-state index in [9.17, 15) is 9.59 Å². The standard InChI is InChI=1S/C26H27N5O2/c1-16-6-2-5-9-20(16)25(32)28-14-17-10-12-18(13-11-17)21-15-31(19-7-3-4-8-19)23-22(21)24(27)29-30-26(23)33/h2,5-6,9-13,15,19H,3-4,7-8,14H2,1H3,(H2,27,29)(H,28,32)(H,30,33). The topological polar surface area (TPSA) is 106 Å². The number of hydrogen-bond donors (Lipinski definition) is 3. The van der Waals surface area contributed by atoms with Crippen LogP contribution in [0, 0.1) is 6.92 Å². The quantitative estimate of drug-likeness (QED) is 0.429. The summed E-state index contributed by atoms with van der Waals surface area (Å²) in [5.74, 6) is 0.237. The number of nitrogens with zero attached hydrogens (tertiary/aromatic N) is 2. The van der Waals surface area contributed by atoms with Crippen LogP contribution in [-0.4, -0.2) is 20.7 Å². The van der Waals surface area contributed by atoms with Gasteiger partial charge in [0, 0.05) is 29.9 Å². The van der Waals surface area contributed by atoms with E-state index in [2.05, 4.69) is 20.1 Å². The lowest BCUT2D eigenvalue weighted by atomic mass is 10.0. The number of anilines is 1. The van der Waals surface area contributed by atoms with Crippen LogP contribution in [0.5, 0.6) is 0 Å². The van der Waals surface area contributed by atoms with Crippen LogP contribution >= 0.6 is 0 Å². The van der Waals surface area contributed by atoms with Crippen molar-refractivity contribution in [3.8, 4) is 11.1 Å². The number of nitrogen functional groups attached to an aromatic ring is 1. The highest BCUT2D eigenvalue weighted by Crippen LogP contribution is 2.38. The number of aryl methyl sites for hydroxylation is 1. The van der Waals surface area contributed by atoms with Crippen molar-refractivity contribution in [1.29, 1.82) is 0 Å². The first-order chi connectivity index (χ1) is 16.0. The van der Waals surface area contributed by atoms with E-state index in [-0.39, 0.29) is 11.5 Å². The van der Waals surface area contributed by atoms with E-state index in [1.54, 1.807) is 0 Å². The van der Waals surface area contributed by atoms with Gasteiger partial charge in [-0.2, -0.15) is 5.10 Å². The fraction of sp³-hybridized carbons (Fsp3) is 0.269. The molecule has 1 amide bonds. The Labute approximate surface area is 191 Å². The molecule has 1 fully saturated rings. The minimum Gasteiger partial charge on any atom is -0.382 e. The van der Waals surface area contributed by atoms with Crippen molar-refractivity contribution in [1.82, 2.24) is 20.1 Å². The monoisotopic (exact) mass is 441 g/mol. The van der Waals surface area contributed by atoms with E-state index in [4.69, 9.17) is 5.73 Å². The Morgan fingerprint density at radius 2 is 1.88 bits per heavy atom. The van der Waals surface area contributed by atoms with Crippen LogP contribution in [-0.2, 0) is 6.54 Å². The highest BCUT2D eigenvalue weighted by Gasteiger charge is 2.24. The lowest BCUT2D eigenvalue weighted by molar-refractivity contribution is 0.0950. The molecule has 0 bridgehead atoms. The molecule has 1 aliphatic carbocycles. The molecule has 0 spiro atoms. The highest BCUT2D eigenvalue weighted by molar-refractivity contribution is 6.02. The van der Waals surface area contributed by atoms with Gasteiger partial charge >= 0.3 is 0 Å². The third-order valence-electron chi connectivity index (χ3n) is 6.61. The summed E-state index contributed by atoms with van der Waals surface area (Å²) in [6.45, 7) is 2.36. The summed E-state index contributed by atoms with van der Waals surface area (Å²) >= 11 is 0. The molecule has 168 valence electrons. The Morgan fingerprint density at radius 1 is 1.15 bits per heavy atom. The van der Waals surface area contributed by atoms with Crippen LogP contribution in [0.15, 0.2) is 59.5 Å². The van der Waals surface area contributed by atoms with Gasteiger partial charge in [-0.25, -0.2) is 5.10 Å². The second-order valence-corrected chi connectivity index (χ2v) is 8.74. The van der Waals surface area contributed by atoms with Crippen molar-refractivity contribution in [3.63, 3.8) is 0 Å². The van der Waals surface area contributed by atoms with Crippen LogP contribution in [0.25, 0.3) is 22.0 Å². The molecule has 33 heavy (non-hydrogen) atoms. The molecular formula is C26H27N5O2. The van der Waals surface area contributed by atoms with Gasteiger partial charge in [0.1, 0.15) is 5.52 Å². The summed E-state index contributed by atoms with van der Waals surface area (Å²) in [5, 5.41) is 10.2. The first-order valence-corrected chi connectivity index (χ1v) is 11.3. The third-order valence-corrected chi connectivity index (χ3v) is 6.61. The zero-order valence-corrected chi connectivity index (χ0v) is 18.6. The van der Waals surface area contributed by atoms with Crippen molar-refractivity contribution < 1.29 is 4.79 Å². The number of H-pyrrole nitrogens is 1. The third kappa shape index (κ3) is 3.91. The van der Waals surface area contributed by atoms with Crippen LogP contribution in [0.3, 0.4) is 0 Å². The predicted molar refractivity (Wildman–Crippen MR) is 130 cm³/mol. The fourth-order valence-electron chi connectivity index (χ4n) is 4.83. The molecule has 4 aromatic rings. The summed E-state index contributed by atoms with van der Waals surface area (Å²) in [6, 6.07) is 15.8. The zero-order valence-electron chi connectivity index (χ0n) is 18.6. The van der Waals surface area contributed by atoms with Gasteiger partial charge in [-0.05, 0) is 42.5 Å². The van der Waals surface area contributed by atoms with Crippen LogP contribution < -0.4 is 16.6 Å². The number of hydrogen-bond acceptors (Lipinski definition) is 4. The van der Waals surface area contributed by atoms with Gasteiger partial charge in [0.05, 0.1) is 5.39 Å². The number of carbonyl (C=O) groups excluding carboxylic acids is 1. The molecule has 0 radical (unpaired) electrons. The van der Waals surface area contributed by atoms with E-state index in [1.807, 2.05) is 61.7 Å². The molecule has 1 saturated carbocycles. The number of amides is 1. The maximum atomic E-state index is 12.7. The number of rotatable bonds is 5. The van der Waals surface area contributed by atoms with Crippen molar-refractivity contribution in [2.75, 3.05) is 5.73 Å². The van der Waals surface area contributed by atoms with E-state index >= 15 is 0 Å². The molecule has 5 rings (SSSR count). The highest BCUT2D eigenvalue weighted by atomic mass is 16.1. The molecule has 0 saturated heterocycles. The molecular weight excluding hydrogens is 414 g/mol. The Morgan fingerprint density at radius 3 is 2.61 bits per heavy atom. The number of carbonyl (C=O) groups is 1. The molecule has 0 atom stereocenters. The number of nitrogens with one attached hydrogen (secondary N) is 2. The van der Waals surface area contributed by atoms with Gasteiger partial charge in [0.2, 0.25) is 0 Å². The minimum atomic E-state index is -0.215. The van der Waals surface area contributed by atoms with Crippen LogP contribution in [0.4, 0.5) is 5.82 Å². The first-order valence-electron chi connectivity index (χ1n) is 11.3. The Hall–Kier alpha value is -3.87. The predicted octanol–water partition coefficient (Wildman–Crippen LogP) is 4.33. The lowest BCUT2D eigenvalue weighted by Crippen LogP contribution is -2.23. The maximum absolute atomic E-state index is 12.7. The normalized spacial score (nSPS) is 14.1. The molecule has 7 heteroatoms. The molecule has 2 aromatic heterocycles. The smallest absolute Gasteiger partial charge is 0.288 e. The van der Waals surface area contributed by atoms with Gasteiger partial charge in [0.25, 0.3) is 11.5 Å². The Kier molecular flexibility index (Phi) is 5.46.